The van der Waals surface area contributed by atoms with E-state index >= 15 is 0 Å². The van der Waals surface area contributed by atoms with Gasteiger partial charge >= 0.3 is 0 Å². The standard InChI is InChI=1S/C18H24N4O/c1-15-8-10-21(11-9-15)16(2)18(23,12-22-14-19-13-20-22)17-6-4-3-5-7-17/h3-7,13-14,16,23H,1,8-12H2,2H3/t16-,18?/m1/s1. The molecule has 1 aliphatic heterocycles. The Balaban J connectivity index is 1.89. The van der Waals surface area contributed by atoms with Gasteiger partial charge in [0.25, 0.3) is 0 Å². The van der Waals surface area contributed by atoms with Crippen LogP contribution in [-0.4, -0.2) is 43.9 Å². The van der Waals surface area contributed by atoms with E-state index in [1.165, 1.54) is 11.9 Å². The van der Waals surface area contributed by atoms with Gasteiger partial charge in [-0.25, -0.2) is 9.67 Å². The quantitative estimate of drug-likeness (QED) is 0.860. The lowest BCUT2D eigenvalue weighted by molar-refractivity contribution is -0.0634. The zero-order valence-corrected chi connectivity index (χ0v) is 13.6. The van der Waals surface area contributed by atoms with Crippen LogP contribution in [0.2, 0.25) is 0 Å². The molecule has 1 aromatic heterocycles. The van der Waals surface area contributed by atoms with Gasteiger partial charge in [0.15, 0.2) is 0 Å². The molecule has 1 aromatic carbocycles. The number of rotatable bonds is 5. The van der Waals surface area contributed by atoms with E-state index < -0.39 is 5.60 Å². The van der Waals surface area contributed by atoms with Gasteiger partial charge in [-0.1, -0.05) is 42.5 Å². The van der Waals surface area contributed by atoms with Gasteiger partial charge in [-0.15, -0.1) is 0 Å². The molecule has 0 aliphatic carbocycles. The maximum Gasteiger partial charge on any atom is 0.137 e. The minimum Gasteiger partial charge on any atom is -0.382 e. The Hall–Kier alpha value is -1.98. The lowest BCUT2D eigenvalue weighted by Gasteiger charge is -2.43. The Morgan fingerprint density at radius 3 is 2.57 bits per heavy atom. The van der Waals surface area contributed by atoms with Crippen molar-refractivity contribution in [3.05, 3.63) is 60.7 Å². The fourth-order valence-corrected chi connectivity index (χ4v) is 3.28. The third kappa shape index (κ3) is 3.35. The number of hydrogen-bond donors (Lipinski definition) is 1. The molecule has 5 heteroatoms. The molecule has 0 spiro atoms. The Bertz CT molecular complexity index is 630. The van der Waals surface area contributed by atoms with Crippen LogP contribution in [0.4, 0.5) is 0 Å². The number of piperidine rings is 1. The third-order valence-electron chi connectivity index (χ3n) is 4.89. The van der Waals surface area contributed by atoms with Crippen molar-refractivity contribution in [2.45, 2.75) is 38.0 Å². The van der Waals surface area contributed by atoms with E-state index in [4.69, 9.17) is 0 Å². The molecule has 5 nitrogen and oxygen atoms in total. The van der Waals surface area contributed by atoms with Gasteiger partial charge in [-0.05, 0) is 25.3 Å². The molecule has 0 radical (unpaired) electrons. The molecule has 0 amide bonds. The van der Waals surface area contributed by atoms with Crippen LogP contribution in [0.15, 0.2) is 55.1 Å². The summed E-state index contributed by atoms with van der Waals surface area (Å²) in [4.78, 5) is 6.34. The highest BCUT2D eigenvalue weighted by molar-refractivity contribution is 5.24. The molecule has 2 heterocycles. The summed E-state index contributed by atoms with van der Waals surface area (Å²) in [5.41, 5.74) is 1.19. The lowest BCUT2D eigenvalue weighted by atomic mass is 9.85. The summed E-state index contributed by atoms with van der Waals surface area (Å²) >= 11 is 0. The number of benzene rings is 1. The van der Waals surface area contributed by atoms with E-state index in [2.05, 4.69) is 28.5 Å². The molecule has 0 bridgehead atoms. The Kier molecular flexibility index (Phi) is 4.59. The predicted molar refractivity (Wildman–Crippen MR) is 89.8 cm³/mol. The first-order valence-electron chi connectivity index (χ1n) is 8.10. The predicted octanol–water partition coefficient (Wildman–Crippen LogP) is 2.21. The zero-order valence-electron chi connectivity index (χ0n) is 13.6. The number of aliphatic hydroxyl groups is 1. The van der Waals surface area contributed by atoms with Gasteiger partial charge in [0.05, 0.1) is 6.54 Å². The Morgan fingerprint density at radius 1 is 1.26 bits per heavy atom. The largest absolute Gasteiger partial charge is 0.382 e. The molecule has 2 atom stereocenters. The van der Waals surface area contributed by atoms with E-state index in [-0.39, 0.29) is 6.04 Å². The van der Waals surface area contributed by atoms with E-state index in [9.17, 15) is 5.11 Å². The third-order valence-corrected chi connectivity index (χ3v) is 4.89. The first-order valence-corrected chi connectivity index (χ1v) is 8.10. The molecule has 3 rings (SSSR count). The van der Waals surface area contributed by atoms with Crippen LogP contribution in [-0.2, 0) is 12.1 Å². The zero-order chi connectivity index (χ0) is 16.3. The lowest BCUT2D eigenvalue weighted by Crippen LogP contribution is -2.53. The summed E-state index contributed by atoms with van der Waals surface area (Å²) in [7, 11) is 0. The summed E-state index contributed by atoms with van der Waals surface area (Å²) < 4.78 is 1.70. The highest BCUT2D eigenvalue weighted by atomic mass is 16.3. The van der Waals surface area contributed by atoms with E-state index in [1.54, 1.807) is 11.0 Å². The molecule has 1 saturated heterocycles. The molecule has 122 valence electrons. The summed E-state index contributed by atoms with van der Waals surface area (Å²) in [6.45, 7) is 8.43. The Morgan fingerprint density at radius 2 is 1.96 bits per heavy atom. The highest BCUT2D eigenvalue weighted by Gasteiger charge is 2.40. The number of nitrogens with zero attached hydrogens (tertiary/aromatic N) is 4. The van der Waals surface area contributed by atoms with Crippen LogP contribution in [0.25, 0.3) is 0 Å². The molecule has 2 aromatic rings. The van der Waals surface area contributed by atoms with Crippen LogP contribution in [0.3, 0.4) is 0 Å². The maximum absolute atomic E-state index is 11.6. The smallest absolute Gasteiger partial charge is 0.137 e. The second-order valence-electron chi connectivity index (χ2n) is 6.35. The molecule has 1 fully saturated rings. The summed E-state index contributed by atoms with van der Waals surface area (Å²) in [6.07, 6.45) is 5.15. The maximum atomic E-state index is 11.6. The van der Waals surface area contributed by atoms with E-state index in [0.717, 1.165) is 31.5 Å². The van der Waals surface area contributed by atoms with Crippen molar-refractivity contribution in [3.63, 3.8) is 0 Å². The van der Waals surface area contributed by atoms with Gasteiger partial charge in [-0.2, -0.15) is 5.10 Å². The highest BCUT2D eigenvalue weighted by Crippen LogP contribution is 2.32. The van der Waals surface area contributed by atoms with Crippen molar-refractivity contribution < 1.29 is 5.11 Å². The summed E-state index contributed by atoms with van der Waals surface area (Å²) in [5, 5.41) is 15.8. The second-order valence-corrected chi connectivity index (χ2v) is 6.35. The van der Waals surface area contributed by atoms with Crippen molar-refractivity contribution in [2.75, 3.05) is 13.1 Å². The Labute approximate surface area is 137 Å². The molecule has 23 heavy (non-hydrogen) atoms. The normalized spacial score (nSPS) is 20.2. The summed E-state index contributed by atoms with van der Waals surface area (Å²) in [6, 6.07) is 9.84. The van der Waals surface area contributed by atoms with Crippen molar-refractivity contribution in [1.29, 1.82) is 0 Å². The van der Waals surface area contributed by atoms with Crippen molar-refractivity contribution >= 4 is 0 Å². The van der Waals surface area contributed by atoms with Crippen molar-refractivity contribution in [3.8, 4) is 0 Å². The molecule has 1 N–H and O–H groups in total. The molecule has 0 saturated carbocycles. The molecule has 1 aliphatic rings. The first-order chi connectivity index (χ1) is 11.1. The van der Waals surface area contributed by atoms with Gasteiger partial charge in [0.2, 0.25) is 0 Å². The first kappa shape index (κ1) is 15.9. The fraction of sp³-hybridized carbons (Fsp3) is 0.444. The minimum absolute atomic E-state index is 0.0257. The van der Waals surface area contributed by atoms with Gasteiger partial charge < -0.3 is 5.11 Å². The molecular weight excluding hydrogens is 288 g/mol. The second kappa shape index (κ2) is 6.64. The van der Waals surface area contributed by atoms with Crippen LogP contribution in [0.5, 0.6) is 0 Å². The molecule has 1 unspecified atom stereocenters. The summed E-state index contributed by atoms with van der Waals surface area (Å²) in [5.74, 6) is 0. The average Bonchev–Trinajstić information content (AvgIpc) is 3.08. The average molecular weight is 312 g/mol. The monoisotopic (exact) mass is 312 g/mol. The van der Waals surface area contributed by atoms with Gasteiger partial charge in [-0.3, -0.25) is 4.90 Å². The van der Waals surface area contributed by atoms with Crippen molar-refractivity contribution in [2.24, 2.45) is 0 Å². The molecular formula is C18H24N4O. The number of likely N-dealkylation sites (tertiary alicyclic amines) is 1. The van der Waals surface area contributed by atoms with Crippen LogP contribution in [0, 0.1) is 0 Å². The number of aromatic nitrogens is 3. The fourth-order valence-electron chi connectivity index (χ4n) is 3.28. The van der Waals surface area contributed by atoms with Crippen LogP contribution < -0.4 is 0 Å². The minimum atomic E-state index is -1.02. The number of hydrogen-bond acceptors (Lipinski definition) is 4. The SMILES string of the molecule is C=C1CCN([C@H](C)C(O)(Cn2cncn2)c2ccccc2)CC1. The topological polar surface area (TPSA) is 54.2 Å². The van der Waals surface area contributed by atoms with Gasteiger partial charge in [0, 0.05) is 19.1 Å². The van der Waals surface area contributed by atoms with E-state index in [1.807, 2.05) is 30.3 Å². The van der Waals surface area contributed by atoms with Crippen molar-refractivity contribution in [1.82, 2.24) is 19.7 Å². The van der Waals surface area contributed by atoms with Gasteiger partial charge in [0.1, 0.15) is 18.3 Å². The van der Waals surface area contributed by atoms with Crippen LogP contribution in [0.1, 0.15) is 25.3 Å². The van der Waals surface area contributed by atoms with E-state index in [0.29, 0.717) is 6.54 Å². The van der Waals surface area contributed by atoms with Crippen LogP contribution >= 0.6 is 0 Å².